The Morgan fingerprint density at radius 1 is 1.35 bits per heavy atom. The third-order valence-corrected chi connectivity index (χ3v) is 5.05. The minimum absolute atomic E-state index is 0.0273. The highest BCUT2D eigenvalue weighted by atomic mass is 16.6. The number of rotatable bonds is 3. The van der Waals surface area contributed by atoms with Gasteiger partial charge in [-0.3, -0.25) is 0 Å². The van der Waals surface area contributed by atoms with Crippen LogP contribution in [-0.4, -0.2) is 41.4 Å². The van der Waals surface area contributed by atoms with Gasteiger partial charge in [0, 0.05) is 19.0 Å². The van der Waals surface area contributed by atoms with Crippen LogP contribution >= 0.6 is 0 Å². The number of hydrogen-bond acceptors (Lipinski definition) is 3. The first kappa shape index (κ1) is 18.6. The molecule has 2 aliphatic heterocycles. The van der Waals surface area contributed by atoms with E-state index < -0.39 is 5.60 Å². The fraction of sp³-hybridized carbons (Fsp3) is 0.947. The van der Waals surface area contributed by atoms with Gasteiger partial charge < -0.3 is 14.4 Å². The van der Waals surface area contributed by atoms with Gasteiger partial charge in [-0.25, -0.2) is 4.79 Å². The molecule has 0 aromatic rings. The smallest absolute Gasteiger partial charge is 0.410 e. The Morgan fingerprint density at radius 3 is 2.65 bits per heavy atom. The molecule has 0 unspecified atom stereocenters. The predicted octanol–water partition coefficient (Wildman–Crippen LogP) is 4.62. The van der Waals surface area contributed by atoms with Crippen molar-refractivity contribution in [2.75, 3.05) is 13.1 Å². The monoisotopic (exact) mass is 325 g/mol. The standard InChI is InChI=1S/C19H35NO3/c1-14(2)7-10-19(6)11-8-15-13-20(12-9-16(15)22-19)17(21)23-18(3,4)5/h14-16H,7-13H2,1-6H3/t15-,16+,19+/m0/s1. The first-order valence-electron chi connectivity index (χ1n) is 9.24. The third kappa shape index (κ3) is 5.37. The van der Waals surface area contributed by atoms with Gasteiger partial charge in [-0.05, 0) is 65.7 Å². The van der Waals surface area contributed by atoms with Gasteiger partial charge >= 0.3 is 6.09 Å². The first-order valence-corrected chi connectivity index (χ1v) is 9.24. The summed E-state index contributed by atoms with van der Waals surface area (Å²) in [6.45, 7) is 14.1. The van der Waals surface area contributed by atoms with Crippen molar-refractivity contribution >= 4 is 6.09 Å². The lowest BCUT2D eigenvalue weighted by molar-refractivity contribution is -0.166. The highest BCUT2D eigenvalue weighted by Crippen LogP contribution is 2.39. The quantitative estimate of drug-likeness (QED) is 0.760. The Bertz CT molecular complexity index is 415. The van der Waals surface area contributed by atoms with Gasteiger partial charge in [-0.2, -0.15) is 0 Å². The van der Waals surface area contributed by atoms with Crippen LogP contribution in [0.1, 0.15) is 73.6 Å². The Labute approximate surface area is 141 Å². The molecule has 0 N–H and O–H groups in total. The molecule has 4 nitrogen and oxygen atoms in total. The number of fused-ring (bicyclic) bond motifs is 1. The van der Waals surface area contributed by atoms with E-state index in [-0.39, 0.29) is 11.7 Å². The summed E-state index contributed by atoms with van der Waals surface area (Å²) in [5.41, 5.74) is -0.397. The molecule has 2 saturated heterocycles. The Morgan fingerprint density at radius 2 is 2.04 bits per heavy atom. The normalized spacial score (nSPS) is 31.9. The van der Waals surface area contributed by atoms with Crippen molar-refractivity contribution < 1.29 is 14.3 Å². The molecule has 2 aliphatic rings. The SMILES string of the molecule is CC(C)CC[C@]1(C)CC[C@H]2CN(C(=O)OC(C)(C)C)CC[C@H]2O1. The van der Waals surface area contributed by atoms with Gasteiger partial charge in [0.25, 0.3) is 0 Å². The van der Waals surface area contributed by atoms with Gasteiger partial charge in [-0.1, -0.05) is 13.8 Å². The van der Waals surface area contributed by atoms with Crippen LogP contribution in [0.2, 0.25) is 0 Å². The summed E-state index contributed by atoms with van der Waals surface area (Å²) in [6.07, 6.45) is 5.67. The van der Waals surface area contributed by atoms with Crippen LogP contribution in [-0.2, 0) is 9.47 Å². The van der Waals surface area contributed by atoms with Crippen molar-refractivity contribution in [1.82, 2.24) is 4.90 Å². The molecule has 0 aliphatic carbocycles. The van der Waals surface area contributed by atoms with Crippen LogP contribution in [0.3, 0.4) is 0 Å². The molecular formula is C19H35NO3. The average Bonchev–Trinajstić information content (AvgIpc) is 2.43. The lowest BCUT2D eigenvalue weighted by Crippen LogP contribution is -2.53. The second-order valence-corrected chi connectivity index (χ2v) is 9.05. The van der Waals surface area contributed by atoms with Crippen LogP contribution in [0.25, 0.3) is 0 Å². The number of piperidine rings is 1. The summed E-state index contributed by atoms with van der Waals surface area (Å²) in [5.74, 6) is 1.19. The molecule has 2 heterocycles. The third-order valence-electron chi connectivity index (χ3n) is 5.05. The van der Waals surface area contributed by atoms with Crippen molar-refractivity contribution in [3.63, 3.8) is 0 Å². The highest BCUT2D eigenvalue weighted by molar-refractivity contribution is 5.68. The van der Waals surface area contributed by atoms with E-state index >= 15 is 0 Å². The van der Waals surface area contributed by atoms with Crippen LogP contribution in [0.5, 0.6) is 0 Å². The van der Waals surface area contributed by atoms with Crippen LogP contribution in [0, 0.1) is 11.8 Å². The minimum atomic E-state index is -0.424. The van der Waals surface area contributed by atoms with E-state index in [4.69, 9.17) is 9.47 Å². The number of hydrogen-bond donors (Lipinski definition) is 0. The van der Waals surface area contributed by atoms with E-state index in [9.17, 15) is 4.79 Å². The maximum absolute atomic E-state index is 12.3. The van der Waals surface area contributed by atoms with Gasteiger partial charge in [0.15, 0.2) is 0 Å². The predicted molar refractivity (Wildman–Crippen MR) is 92.5 cm³/mol. The van der Waals surface area contributed by atoms with Crippen LogP contribution in [0.15, 0.2) is 0 Å². The van der Waals surface area contributed by atoms with Gasteiger partial charge in [0.05, 0.1) is 11.7 Å². The van der Waals surface area contributed by atoms with E-state index in [1.54, 1.807) is 0 Å². The molecule has 0 bridgehead atoms. The molecule has 3 atom stereocenters. The molecule has 0 radical (unpaired) electrons. The van der Waals surface area contributed by atoms with Crippen LogP contribution in [0.4, 0.5) is 4.79 Å². The molecule has 2 fully saturated rings. The van der Waals surface area contributed by atoms with E-state index in [1.165, 1.54) is 6.42 Å². The number of amides is 1. The second kappa shape index (κ2) is 7.00. The van der Waals surface area contributed by atoms with E-state index in [2.05, 4.69) is 20.8 Å². The number of nitrogens with zero attached hydrogens (tertiary/aromatic N) is 1. The Balaban J connectivity index is 1.87. The average molecular weight is 325 g/mol. The fourth-order valence-electron chi connectivity index (χ4n) is 3.63. The fourth-order valence-corrected chi connectivity index (χ4v) is 3.63. The zero-order valence-electron chi connectivity index (χ0n) is 15.9. The summed E-state index contributed by atoms with van der Waals surface area (Å²) in [7, 11) is 0. The molecule has 4 heteroatoms. The minimum Gasteiger partial charge on any atom is -0.444 e. The summed E-state index contributed by atoms with van der Waals surface area (Å²) < 4.78 is 12.0. The van der Waals surface area contributed by atoms with Gasteiger partial charge in [0.2, 0.25) is 0 Å². The summed E-state index contributed by atoms with van der Waals surface area (Å²) in [4.78, 5) is 14.1. The summed E-state index contributed by atoms with van der Waals surface area (Å²) in [6, 6.07) is 0. The Hall–Kier alpha value is -0.770. The number of carbonyl (C=O) groups excluding carboxylic acids is 1. The molecule has 134 valence electrons. The number of likely N-dealkylation sites (tertiary alicyclic amines) is 1. The second-order valence-electron chi connectivity index (χ2n) is 9.05. The summed E-state index contributed by atoms with van der Waals surface area (Å²) in [5, 5.41) is 0. The number of carbonyl (C=O) groups is 1. The van der Waals surface area contributed by atoms with Gasteiger partial charge in [-0.15, -0.1) is 0 Å². The zero-order valence-corrected chi connectivity index (χ0v) is 15.9. The molecule has 23 heavy (non-hydrogen) atoms. The van der Waals surface area contributed by atoms with Crippen molar-refractivity contribution in [2.24, 2.45) is 11.8 Å². The molecule has 0 aromatic heterocycles. The molecule has 2 rings (SSSR count). The maximum Gasteiger partial charge on any atom is 0.410 e. The molecule has 0 saturated carbocycles. The largest absolute Gasteiger partial charge is 0.444 e. The molecule has 1 amide bonds. The van der Waals surface area contributed by atoms with Gasteiger partial charge in [0.1, 0.15) is 5.60 Å². The highest BCUT2D eigenvalue weighted by Gasteiger charge is 2.42. The Kier molecular flexibility index (Phi) is 5.65. The van der Waals surface area contributed by atoms with Crippen molar-refractivity contribution in [1.29, 1.82) is 0 Å². The van der Waals surface area contributed by atoms with Crippen LogP contribution < -0.4 is 0 Å². The number of ether oxygens (including phenoxy) is 2. The zero-order chi connectivity index (χ0) is 17.3. The van der Waals surface area contributed by atoms with E-state index in [0.717, 1.165) is 44.7 Å². The molecule has 0 aromatic carbocycles. The topological polar surface area (TPSA) is 38.8 Å². The lowest BCUT2D eigenvalue weighted by Gasteiger charge is -2.48. The van der Waals surface area contributed by atoms with Crippen molar-refractivity contribution in [3.05, 3.63) is 0 Å². The van der Waals surface area contributed by atoms with E-state index in [1.807, 2.05) is 25.7 Å². The van der Waals surface area contributed by atoms with Crippen molar-refractivity contribution in [3.8, 4) is 0 Å². The van der Waals surface area contributed by atoms with E-state index in [0.29, 0.717) is 12.0 Å². The molecule has 0 spiro atoms. The first-order chi connectivity index (χ1) is 10.6. The molecular weight excluding hydrogens is 290 g/mol. The van der Waals surface area contributed by atoms with Crippen molar-refractivity contribution in [2.45, 2.75) is 91.0 Å². The maximum atomic E-state index is 12.3. The lowest BCUT2D eigenvalue weighted by atomic mass is 9.80. The summed E-state index contributed by atoms with van der Waals surface area (Å²) >= 11 is 0.